The highest BCUT2D eigenvalue weighted by Crippen LogP contribution is 2.48. The number of benzene rings is 1. The molecule has 1 heterocycles. The average Bonchev–Trinajstić information content (AvgIpc) is 3.17. The Balaban J connectivity index is 1.60. The number of methoxy groups -OCH3 is 2. The zero-order valence-corrected chi connectivity index (χ0v) is 12.6. The fourth-order valence-electron chi connectivity index (χ4n) is 2.52. The minimum Gasteiger partial charge on any atom is -0.497 e. The monoisotopic (exact) mass is 302 g/mol. The molecule has 3 rings (SSSR count). The smallest absolute Gasteiger partial charge is 0.310 e. The Hall–Kier alpha value is -2.43. The summed E-state index contributed by atoms with van der Waals surface area (Å²) in [6, 6.07) is 9.13. The molecule has 116 valence electrons. The molecule has 1 aromatic heterocycles. The number of ether oxygens (including phenoxy) is 3. The molecule has 0 N–H and O–H groups in total. The van der Waals surface area contributed by atoms with E-state index < -0.39 is 0 Å². The van der Waals surface area contributed by atoms with Gasteiger partial charge in [0.2, 0.25) is 0 Å². The van der Waals surface area contributed by atoms with Crippen LogP contribution in [0.25, 0.3) is 0 Å². The van der Waals surface area contributed by atoms with Crippen molar-refractivity contribution in [3.8, 4) is 11.5 Å². The van der Waals surface area contributed by atoms with Crippen molar-refractivity contribution in [2.75, 3.05) is 14.2 Å². The largest absolute Gasteiger partial charge is 0.497 e. The quantitative estimate of drug-likeness (QED) is 0.767. The maximum Gasteiger partial charge on any atom is 0.310 e. The number of hydrogen-bond acceptors (Lipinski definition) is 5. The minimum absolute atomic E-state index is 0.109. The van der Waals surface area contributed by atoms with E-state index >= 15 is 0 Å². The molecule has 1 aliphatic carbocycles. The van der Waals surface area contributed by atoms with Crippen molar-refractivity contribution in [2.24, 2.45) is 5.92 Å². The summed E-state index contributed by atoms with van der Waals surface area (Å²) in [5, 5.41) is 0. The Morgan fingerprint density at radius 1 is 1.27 bits per heavy atom. The van der Waals surface area contributed by atoms with Gasteiger partial charge in [0.05, 0.1) is 26.4 Å². The molecule has 0 spiro atoms. The topological polar surface area (TPSA) is 57.9 Å². The van der Waals surface area contributed by atoms with Gasteiger partial charge in [0.25, 0.3) is 0 Å². The number of carbonyl (C=O) groups excluding carboxylic acids is 1. The number of furan rings is 1. The van der Waals surface area contributed by atoms with Crippen molar-refractivity contribution in [1.82, 2.24) is 0 Å². The lowest BCUT2D eigenvalue weighted by Gasteiger charge is -2.11. The Bertz CT molecular complexity index is 647. The summed E-state index contributed by atoms with van der Waals surface area (Å²) in [6.07, 6.45) is 2.40. The second kappa shape index (κ2) is 6.13. The first kappa shape index (κ1) is 14.5. The normalized spacial score (nSPS) is 19.5. The second-order valence-electron chi connectivity index (χ2n) is 5.25. The molecule has 0 amide bonds. The lowest BCUT2D eigenvalue weighted by atomic mass is 10.2. The molecular weight excluding hydrogens is 284 g/mol. The van der Waals surface area contributed by atoms with Gasteiger partial charge in [0, 0.05) is 11.5 Å². The van der Waals surface area contributed by atoms with E-state index in [4.69, 9.17) is 18.6 Å². The molecule has 2 atom stereocenters. The van der Waals surface area contributed by atoms with Gasteiger partial charge in [0.15, 0.2) is 0 Å². The molecule has 1 saturated carbocycles. The van der Waals surface area contributed by atoms with Gasteiger partial charge in [-0.1, -0.05) is 0 Å². The van der Waals surface area contributed by atoms with E-state index in [0.717, 1.165) is 17.7 Å². The highest BCUT2D eigenvalue weighted by atomic mass is 16.5. The van der Waals surface area contributed by atoms with Gasteiger partial charge in [0.1, 0.15) is 23.9 Å². The Kier molecular flexibility index (Phi) is 4.04. The Morgan fingerprint density at radius 3 is 2.82 bits per heavy atom. The maximum atomic E-state index is 12.1. The van der Waals surface area contributed by atoms with Crippen LogP contribution >= 0.6 is 0 Å². The molecule has 22 heavy (non-hydrogen) atoms. The SMILES string of the molecule is COc1ccc(OC)c(COC(=O)[C@@H]2C[C@@H]2c2ccco2)c1. The molecule has 0 unspecified atom stereocenters. The van der Waals surface area contributed by atoms with Crippen LogP contribution in [0, 0.1) is 5.92 Å². The standard InChI is InChI=1S/C17H18O5/c1-19-12-5-6-15(20-2)11(8-12)10-22-17(18)14-9-13(14)16-4-3-7-21-16/h3-8,13-14H,9-10H2,1-2H3/t13-,14+/m0/s1. The van der Waals surface area contributed by atoms with Crippen molar-refractivity contribution in [3.05, 3.63) is 47.9 Å². The summed E-state index contributed by atoms with van der Waals surface area (Å²) in [4.78, 5) is 12.1. The van der Waals surface area contributed by atoms with Crippen molar-refractivity contribution >= 4 is 5.97 Å². The maximum absolute atomic E-state index is 12.1. The van der Waals surface area contributed by atoms with Crippen LogP contribution in [0.1, 0.15) is 23.7 Å². The van der Waals surface area contributed by atoms with Gasteiger partial charge in [-0.3, -0.25) is 4.79 Å². The number of rotatable bonds is 6. The van der Waals surface area contributed by atoms with Crippen LogP contribution in [0.2, 0.25) is 0 Å². The molecule has 1 aliphatic rings. The van der Waals surface area contributed by atoms with Gasteiger partial charge in [-0.05, 0) is 36.8 Å². The lowest BCUT2D eigenvalue weighted by Crippen LogP contribution is -2.08. The van der Waals surface area contributed by atoms with Gasteiger partial charge in [-0.15, -0.1) is 0 Å². The zero-order chi connectivity index (χ0) is 15.5. The third-order valence-corrected chi connectivity index (χ3v) is 3.86. The van der Waals surface area contributed by atoms with E-state index in [2.05, 4.69) is 0 Å². The van der Waals surface area contributed by atoms with E-state index in [9.17, 15) is 4.79 Å². The summed E-state index contributed by atoms with van der Waals surface area (Å²) in [7, 11) is 3.18. The zero-order valence-electron chi connectivity index (χ0n) is 12.6. The van der Waals surface area contributed by atoms with E-state index in [-0.39, 0.29) is 24.4 Å². The highest BCUT2D eigenvalue weighted by Gasteiger charge is 2.47. The van der Waals surface area contributed by atoms with Crippen LogP contribution in [0.3, 0.4) is 0 Å². The third-order valence-electron chi connectivity index (χ3n) is 3.86. The average molecular weight is 302 g/mol. The highest BCUT2D eigenvalue weighted by molar-refractivity contribution is 5.77. The van der Waals surface area contributed by atoms with Crippen LogP contribution < -0.4 is 9.47 Å². The molecule has 1 fully saturated rings. The summed E-state index contributed by atoms with van der Waals surface area (Å²) >= 11 is 0. The van der Waals surface area contributed by atoms with E-state index in [1.165, 1.54) is 0 Å². The first-order chi connectivity index (χ1) is 10.7. The molecule has 0 aliphatic heterocycles. The van der Waals surface area contributed by atoms with Crippen molar-refractivity contribution < 1.29 is 23.4 Å². The summed E-state index contributed by atoms with van der Waals surface area (Å²) in [5.41, 5.74) is 0.783. The first-order valence-corrected chi connectivity index (χ1v) is 7.14. The Morgan fingerprint density at radius 2 is 2.14 bits per heavy atom. The molecule has 0 saturated heterocycles. The van der Waals surface area contributed by atoms with Gasteiger partial charge in [-0.2, -0.15) is 0 Å². The number of esters is 1. The van der Waals surface area contributed by atoms with Gasteiger partial charge < -0.3 is 18.6 Å². The van der Waals surface area contributed by atoms with E-state index in [1.54, 1.807) is 32.6 Å². The molecule has 2 aromatic rings. The summed E-state index contributed by atoms with van der Waals surface area (Å²) in [6.45, 7) is 0.167. The molecule has 1 aromatic carbocycles. The van der Waals surface area contributed by atoms with Crippen LogP contribution in [-0.2, 0) is 16.1 Å². The van der Waals surface area contributed by atoms with Crippen LogP contribution in [0.4, 0.5) is 0 Å². The molecular formula is C17H18O5. The van der Waals surface area contributed by atoms with Crippen LogP contribution in [0.5, 0.6) is 11.5 Å². The predicted octanol–water partition coefficient (Wildman–Crippen LogP) is 3.14. The molecule has 0 bridgehead atoms. The van der Waals surface area contributed by atoms with Crippen LogP contribution in [-0.4, -0.2) is 20.2 Å². The third kappa shape index (κ3) is 2.93. The molecule has 5 nitrogen and oxygen atoms in total. The molecule has 0 radical (unpaired) electrons. The van der Waals surface area contributed by atoms with E-state index in [1.807, 2.05) is 18.2 Å². The van der Waals surface area contributed by atoms with Crippen LogP contribution in [0.15, 0.2) is 41.0 Å². The second-order valence-corrected chi connectivity index (χ2v) is 5.25. The fourth-order valence-corrected chi connectivity index (χ4v) is 2.52. The lowest BCUT2D eigenvalue weighted by molar-refractivity contribution is -0.146. The fraction of sp³-hybridized carbons (Fsp3) is 0.353. The van der Waals surface area contributed by atoms with Crippen molar-refractivity contribution in [2.45, 2.75) is 18.9 Å². The summed E-state index contributed by atoms with van der Waals surface area (Å²) < 4.78 is 21.2. The Labute approximate surface area is 128 Å². The number of hydrogen-bond donors (Lipinski definition) is 0. The predicted molar refractivity (Wildman–Crippen MR) is 78.9 cm³/mol. The first-order valence-electron chi connectivity index (χ1n) is 7.14. The molecule has 5 heteroatoms. The summed E-state index contributed by atoms with van der Waals surface area (Å²) in [5.74, 6) is 2.06. The van der Waals surface area contributed by atoms with Crippen molar-refractivity contribution in [1.29, 1.82) is 0 Å². The van der Waals surface area contributed by atoms with Gasteiger partial charge >= 0.3 is 5.97 Å². The van der Waals surface area contributed by atoms with E-state index in [0.29, 0.717) is 11.5 Å². The minimum atomic E-state index is -0.203. The number of carbonyl (C=O) groups is 1. The van der Waals surface area contributed by atoms with Crippen molar-refractivity contribution in [3.63, 3.8) is 0 Å². The van der Waals surface area contributed by atoms with Gasteiger partial charge in [-0.25, -0.2) is 0 Å².